The molecule has 2 aliphatic heterocycles. The normalized spacial score (nSPS) is 18.3. The number of anilines is 1. The molecule has 0 radical (unpaired) electrons. The zero-order chi connectivity index (χ0) is 22.1. The van der Waals surface area contributed by atoms with E-state index in [0.29, 0.717) is 31.9 Å². The number of aromatic nitrogens is 1. The number of nitrogens with zero attached hydrogens (tertiary/aromatic N) is 3. The molecule has 2 aliphatic rings. The van der Waals surface area contributed by atoms with E-state index in [-0.39, 0.29) is 23.7 Å². The van der Waals surface area contributed by atoms with Gasteiger partial charge in [0.15, 0.2) is 17.1 Å². The number of halogens is 2. The van der Waals surface area contributed by atoms with Gasteiger partial charge in [0.05, 0.1) is 0 Å². The molecule has 6 nitrogen and oxygen atoms in total. The third-order valence-corrected chi connectivity index (χ3v) is 6.34. The largest absolute Gasteiger partial charge is 0.487 e. The lowest BCUT2D eigenvalue weighted by molar-refractivity contribution is -0.138. The van der Waals surface area contributed by atoms with Gasteiger partial charge in [-0.25, -0.2) is 8.78 Å². The smallest absolute Gasteiger partial charge is 0.298 e. The number of carbonyl (C=O) groups excluding carboxylic acids is 1. The van der Waals surface area contributed by atoms with E-state index in [1.807, 2.05) is 29.2 Å². The molecule has 1 amide bonds. The van der Waals surface area contributed by atoms with E-state index < -0.39 is 11.6 Å². The molecule has 5 rings (SSSR count). The third-order valence-electron chi connectivity index (χ3n) is 6.34. The summed E-state index contributed by atoms with van der Waals surface area (Å²) in [6, 6.07) is 11.6. The zero-order valence-corrected chi connectivity index (χ0v) is 17.7. The molecule has 0 N–H and O–H groups in total. The predicted molar refractivity (Wildman–Crippen MR) is 116 cm³/mol. The Labute approximate surface area is 184 Å². The molecule has 3 aromatic rings. The minimum Gasteiger partial charge on any atom is -0.487 e. The van der Waals surface area contributed by atoms with Crippen molar-refractivity contribution in [2.75, 3.05) is 31.1 Å². The number of benzene rings is 2. The lowest BCUT2D eigenvalue weighted by atomic mass is 9.94. The number of fused-ring (bicyclic) bond motifs is 1. The molecule has 0 aliphatic carbocycles. The summed E-state index contributed by atoms with van der Waals surface area (Å²) in [6.07, 6.45) is 2.60. The van der Waals surface area contributed by atoms with Crippen molar-refractivity contribution < 1.29 is 22.7 Å². The zero-order valence-electron chi connectivity index (χ0n) is 17.7. The molecule has 0 spiro atoms. The van der Waals surface area contributed by atoms with Crippen molar-refractivity contribution in [3.05, 3.63) is 54.1 Å². The number of rotatable bonds is 4. The van der Waals surface area contributed by atoms with Crippen LogP contribution in [0.15, 0.2) is 46.9 Å². The van der Waals surface area contributed by atoms with Crippen molar-refractivity contribution in [2.45, 2.75) is 31.8 Å². The minimum absolute atomic E-state index is 0.0114. The number of hydrogen-bond donors (Lipinski definition) is 0. The summed E-state index contributed by atoms with van der Waals surface area (Å²) >= 11 is 0. The van der Waals surface area contributed by atoms with E-state index in [2.05, 4.69) is 9.88 Å². The Morgan fingerprint density at radius 1 is 1.00 bits per heavy atom. The number of ether oxygens (including phenoxy) is 1. The molecule has 168 valence electrons. The number of hydrogen-bond acceptors (Lipinski definition) is 5. The van der Waals surface area contributed by atoms with E-state index in [1.54, 1.807) is 0 Å². The fourth-order valence-corrected chi connectivity index (χ4v) is 4.52. The second-order valence-corrected chi connectivity index (χ2v) is 8.44. The van der Waals surface area contributed by atoms with Gasteiger partial charge in [-0.15, -0.1) is 0 Å². The minimum atomic E-state index is -0.700. The van der Waals surface area contributed by atoms with Crippen molar-refractivity contribution >= 4 is 23.0 Å². The van der Waals surface area contributed by atoms with Gasteiger partial charge in [-0.05, 0) is 37.1 Å². The first-order valence-electron chi connectivity index (χ1n) is 11.1. The molecule has 3 heterocycles. The number of piperidine rings is 2. The van der Waals surface area contributed by atoms with E-state index in [0.717, 1.165) is 43.1 Å². The van der Waals surface area contributed by atoms with E-state index in [1.165, 1.54) is 12.1 Å². The average Bonchev–Trinajstić information content (AvgIpc) is 3.25. The summed E-state index contributed by atoms with van der Waals surface area (Å²) in [6.45, 7) is 2.62. The fraction of sp³-hybridized carbons (Fsp3) is 0.417. The van der Waals surface area contributed by atoms with Gasteiger partial charge in [0, 0.05) is 51.0 Å². The summed E-state index contributed by atoms with van der Waals surface area (Å²) < 4.78 is 38.4. The van der Waals surface area contributed by atoms with E-state index >= 15 is 0 Å². The van der Waals surface area contributed by atoms with Gasteiger partial charge in [0.1, 0.15) is 17.4 Å². The van der Waals surface area contributed by atoms with Crippen molar-refractivity contribution in [1.29, 1.82) is 0 Å². The Balaban J connectivity index is 1.12. The molecule has 0 atom stereocenters. The van der Waals surface area contributed by atoms with Crippen LogP contribution in [0.4, 0.5) is 14.8 Å². The Bertz CT molecular complexity index is 1070. The van der Waals surface area contributed by atoms with Crippen LogP contribution in [0.1, 0.15) is 25.7 Å². The first-order valence-corrected chi connectivity index (χ1v) is 11.1. The molecule has 0 bridgehead atoms. The van der Waals surface area contributed by atoms with Crippen molar-refractivity contribution in [2.24, 2.45) is 5.92 Å². The highest BCUT2D eigenvalue weighted by atomic mass is 19.1. The van der Waals surface area contributed by atoms with Crippen LogP contribution in [0.5, 0.6) is 5.75 Å². The number of amides is 1. The van der Waals surface area contributed by atoms with Crippen molar-refractivity contribution in [3.8, 4) is 5.75 Å². The maximum absolute atomic E-state index is 13.8. The SMILES string of the molecule is O=C(C1CCN(c2nc3ccccc3o2)CC1)N1CCC(Oc2ccc(F)cc2F)CC1. The monoisotopic (exact) mass is 441 g/mol. The quantitative estimate of drug-likeness (QED) is 0.601. The molecule has 2 saturated heterocycles. The highest BCUT2D eigenvalue weighted by Gasteiger charge is 2.32. The third kappa shape index (κ3) is 4.26. The van der Waals surface area contributed by atoms with Gasteiger partial charge in [-0.2, -0.15) is 4.98 Å². The van der Waals surface area contributed by atoms with Gasteiger partial charge in [0.25, 0.3) is 6.01 Å². The second-order valence-electron chi connectivity index (χ2n) is 8.44. The number of oxazole rings is 1. The molecule has 0 saturated carbocycles. The molecule has 0 unspecified atom stereocenters. The topological polar surface area (TPSA) is 58.8 Å². The van der Waals surface area contributed by atoms with Gasteiger partial charge >= 0.3 is 0 Å². The Hall–Kier alpha value is -3.16. The second kappa shape index (κ2) is 8.76. The van der Waals surface area contributed by atoms with Gasteiger partial charge < -0.3 is 19.0 Å². The number of carbonyl (C=O) groups is 1. The van der Waals surface area contributed by atoms with Crippen LogP contribution >= 0.6 is 0 Å². The summed E-state index contributed by atoms with van der Waals surface area (Å²) in [5, 5.41) is 0. The number of likely N-dealkylation sites (tertiary alicyclic amines) is 1. The van der Waals surface area contributed by atoms with Crippen LogP contribution in [-0.4, -0.2) is 48.1 Å². The Kier molecular flexibility index (Phi) is 5.68. The number of para-hydroxylation sites is 2. The van der Waals surface area contributed by atoms with Crippen molar-refractivity contribution in [1.82, 2.24) is 9.88 Å². The van der Waals surface area contributed by atoms with Gasteiger partial charge in [0.2, 0.25) is 5.91 Å². The first-order chi connectivity index (χ1) is 15.6. The highest BCUT2D eigenvalue weighted by Crippen LogP contribution is 2.28. The first kappa shape index (κ1) is 20.7. The van der Waals surface area contributed by atoms with Crippen LogP contribution in [-0.2, 0) is 4.79 Å². The molecular weight excluding hydrogens is 416 g/mol. The van der Waals surface area contributed by atoms with Crippen LogP contribution in [0.3, 0.4) is 0 Å². The molecule has 32 heavy (non-hydrogen) atoms. The van der Waals surface area contributed by atoms with E-state index in [9.17, 15) is 13.6 Å². The standard InChI is InChI=1S/C24H25F2N3O3/c25-17-5-6-21(19(26)15-17)31-18-9-13-28(14-10-18)23(30)16-7-11-29(12-8-16)24-27-20-3-1-2-4-22(20)32-24/h1-6,15-16,18H,7-14H2. The Morgan fingerprint density at radius 3 is 2.47 bits per heavy atom. The van der Waals surface area contributed by atoms with Crippen LogP contribution in [0.25, 0.3) is 11.1 Å². The summed E-state index contributed by atoms with van der Waals surface area (Å²) in [5.74, 6) is -1.11. The summed E-state index contributed by atoms with van der Waals surface area (Å²) in [5.41, 5.74) is 1.61. The average molecular weight is 441 g/mol. The van der Waals surface area contributed by atoms with Crippen molar-refractivity contribution in [3.63, 3.8) is 0 Å². The maximum atomic E-state index is 13.8. The fourth-order valence-electron chi connectivity index (χ4n) is 4.52. The van der Waals surface area contributed by atoms with Crippen LogP contribution < -0.4 is 9.64 Å². The molecule has 2 fully saturated rings. The van der Waals surface area contributed by atoms with Crippen LogP contribution in [0.2, 0.25) is 0 Å². The van der Waals surface area contributed by atoms with Gasteiger partial charge in [-0.3, -0.25) is 4.79 Å². The highest BCUT2D eigenvalue weighted by molar-refractivity contribution is 5.79. The molecule has 1 aromatic heterocycles. The van der Waals surface area contributed by atoms with Crippen LogP contribution in [0, 0.1) is 17.6 Å². The summed E-state index contributed by atoms with van der Waals surface area (Å²) in [4.78, 5) is 21.6. The maximum Gasteiger partial charge on any atom is 0.298 e. The van der Waals surface area contributed by atoms with Gasteiger partial charge in [-0.1, -0.05) is 12.1 Å². The Morgan fingerprint density at radius 2 is 1.75 bits per heavy atom. The van der Waals surface area contributed by atoms with E-state index in [4.69, 9.17) is 9.15 Å². The molecular formula is C24H25F2N3O3. The lowest BCUT2D eigenvalue weighted by Gasteiger charge is -2.37. The molecule has 2 aromatic carbocycles. The molecule has 8 heteroatoms. The lowest BCUT2D eigenvalue weighted by Crippen LogP contribution is -2.47. The summed E-state index contributed by atoms with van der Waals surface area (Å²) in [7, 11) is 0. The predicted octanol–water partition coefficient (Wildman–Crippen LogP) is 4.39.